The van der Waals surface area contributed by atoms with Crippen molar-refractivity contribution in [1.82, 2.24) is 5.32 Å². The molecule has 18 heavy (non-hydrogen) atoms. The van der Waals surface area contributed by atoms with Crippen LogP contribution in [0.3, 0.4) is 0 Å². The SMILES string of the molecule is COCc1cccc(N2CCCNCC(C)C2)c1. The van der Waals surface area contributed by atoms with Crippen LogP contribution in [-0.2, 0) is 11.3 Å². The Morgan fingerprint density at radius 3 is 3.17 bits per heavy atom. The Balaban J connectivity index is 2.09. The van der Waals surface area contributed by atoms with E-state index in [-0.39, 0.29) is 0 Å². The molecule has 0 spiro atoms. The minimum atomic E-state index is 0.691. The third-order valence-electron chi connectivity index (χ3n) is 3.39. The number of ether oxygens (including phenoxy) is 1. The van der Waals surface area contributed by atoms with Crippen molar-refractivity contribution in [1.29, 1.82) is 0 Å². The van der Waals surface area contributed by atoms with Crippen LogP contribution in [0, 0.1) is 5.92 Å². The molecular weight excluding hydrogens is 224 g/mol. The molecule has 1 aromatic rings. The van der Waals surface area contributed by atoms with Crippen molar-refractivity contribution in [2.45, 2.75) is 20.0 Å². The molecule has 0 radical (unpaired) electrons. The normalized spacial score (nSPS) is 21.4. The molecule has 1 saturated heterocycles. The van der Waals surface area contributed by atoms with E-state index in [1.54, 1.807) is 7.11 Å². The fourth-order valence-electron chi connectivity index (χ4n) is 2.52. The molecule has 1 fully saturated rings. The van der Waals surface area contributed by atoms with Crippen molar-refractivity contribution < 1.29 is 4.74 Å². The molecule has 3 nitrogen and oxygen atoms in total. The average Bonchev–Trinajstić information content (AvgIpc) is 2.34. The molecule has 0 saturated carbocycles. The molecule has 0 aromatic heterocycles. The van der Waals surface area contributed by atoms with Gasteiger partial charge in [0.1, 0.15) is 0 Å². The number of nitrogens with zero attached hydrogens (tertiary/aromatic N) is 1. The predicted octanol–water partition coefficient (Wildman–Crippen LogP) is 2.27. The second-order valence-corrected chi connectivity index (χ2v) is 5.21. The van der Waals surface area contributed by atoms with Gasteiger partial charge in [0, 0.05) is 25.9 Å². The molecule has 100 valence electrons. The molecule has 1 heterocycles. The van der Waals surface area contributed by atoms with Gasteiger partial charge in [0.25, 0.3) is 0 Å². The summed E-state index contributed by atoms with van der Waals surface area (Å²) in [6.45, 7) is 7.51. The van der Waals surface area contributed by atoms with E-state index in [2.05, 4.69) is 41.4 Å². The highest BCUT2D eigenvalue weighted by Crippen LogP contribution is 2.19. The summed E-state index contributed by atoms with van der Waals surface area (Å²) in [5.74, 6) is 0.691. The van der Waals surface area contributed by atoms with Crippen LogP contribution in [0.4, 0.5) is 5.69 Å². The number of hydrogen-bond donors (Lipinski definition) is 1. The van der Waals surface area contributed by atoms with Gasteiger partial charge in [-0.3, -0.25) is 0 Å². The lowest BCUT2D eigenvalue weighted by Crippen LogP contribution is -2.38. The monoisotopic (exact) mass is 248 g/mol. The van der Waals surface area contributed by atoms with E-state index in [1.807, 2.05) is 0 Å². The third-order valence-corrected chi connectivity index (χ3v) is 3.39. The third kappa shape index (κ3) is 3.72. The highest BCUT2D eigenvalue weighted by molar-refractivity contribution is 5.48. The number of nitrogens with one attached hydrogen (secondary N) is 1. The zero-order chi connectivity index (χ0) is 12.8. The van der Waals surface area contributed by atoms with Crippen LogP contribution in [0.15, 0.2) is 24.3 Å². The summed E-state index contributed by atoms with van der Waals surface area (Å²) in [6.07, 6.45) is 1.21. The molecule has 0 amide bonds. The van der Waals surface area contributed by atoms with Crippen molar-refractivity contribution >= 4 is 5.69 Å². The van der Waals surface area contributed by atoms with E-state index in [0.717, 1.165) is 26.2 Å². The van der Waals surface area contributed by atoms with E-state index in [0.29, 0.717) is 12.5 Å². The lowest BCUT2D eigenvalue weighted by molar-refractivity contribution is 0.185. The first kappa shape index (κ1) is 13.4. The molecule has 3 heteroatoms. The minimum absolute atomic E-state index is 0.691. The predicted molar refractivity (Wildman–Crippen MR) is 76.0 cm³/mol. The quantitative estimate of drug-likeness (QED) is 0.888. The Labute approximate surface area is 110 Å². The molecule has 0 bridgehead atoms. The van der Waals surface area contributed by atoms with Gasteiger partial charge in [-0.15, -0.1) is 0 Å². The second kappa shape index (κ2) is 6.76. The Morgan fingerprint density at radius 2 is 2.33 bits per heavy atom. The standard InChI is InChI=1S/C15H24N2O/c1-13-10-16-7-4-8-17(11-13)15-6-3-5-14(9-15)12-18-2/h3,5-6,9,13,16H,4,7-8,10-12H2,1-2H3. The molecule has 1 aliphatic heterocycles. The summed E-state index contributed by atoms with van der Waals surface area (Å²) in [6, 6.07) is 8.72. The summed E-state index contributed by atoms with van der Waals surface area (Å²) < 4.78 is 5.21. The van der Waals surface area contributed by atoms with E-state index in [4.69, 9.17) is 4.74 Å². The Bertz CT molecular complexity index is 367. The molecular formula is C15H24N2O. The molecule has 0 aliphatic carbocycles. The first-order chi connectivity index (χ1) is 8.79. The van der Waals surface area contributed by atoms with E-state index in [9.17, 15) is 0 Å². The highest BCUT2D eigenvalue weighted by Gasteiger charge is 2.13. The van der Waals surface area contributed by atoms with Crippen LogP contribution in [0.25, 0.3) is 0 Å². The lowest BCUT2D eigenvalue weighted by atomic mass is 10.1. The van der Waals surface area contributed by atoms with Gasteiger partial charge in [-0.2, -0.15) is 0 Å². The number of methoxy groups -OCH3 is 1. The maximum absolute atomic E-state index is 5.21. The molecule has 1 unspecified atom stereocenters. The van der Waals surface area contributed by atoms with Gasteiger partial charge in [-0.25, -0.2) is 0 Å². The zero-order valence-corrected chi connectivity index (χ0v) is 11.5. The van der Waals surface area contributed by atoms with Crippen LogP contribution in [0.1, 0.15) is 18.9 Å². The zero-order valence-electron chi connectivity index (χ0n) is 11.5. The molecule has 1 atom stereocenters. The van der Waals surface area contributed by atoms with Gasteiger partial charge < -0.3 is 15.0 Å². The Kier molecular flexibility index (Phi) is 5.02. The largest absolute Gasteiger partial charge is 0.380 e. The van der Waals surface area contributed by atoms with Gasteiger partial charge >= 0.3 is 0 Å². The van der Waals surface area contributed by atoms with Gasteiger partial charge in [-0.1, -0.05) is 19.1 Å². The van der Waals surface area contributed by atoms with Crippen molar-refractivity contribution in [3.8, 4) is 0 Å². The van der Waals surface area contributed by atoms with Gasteiger partial charge in [0.2, 0.25) is 0 Å². The lowest BCUT2D eigenvalue weighted by Gasteiger charge is -2.31. The van der Waals surface area contributed by atoms with E-state index >= 15 is 0 Å². The summed E-state index contributed by atoms with van der Waals surface area (Å²) in [7, 11) is 1.75. The van der Waals surface area contributed by atoms with Gasteiger partial charge in [0.15, 0.2) is 0 Å². The number of rotatable bonds is 3. The minimum Gasteiger partial charge on any atom is -0.380 e. The van der Waals surface area contributed by atoms with E-state index in [1.165, 1.54) is 17.7 Å². The Morgan fingerprint density at radius 1 is 1.44 bits per heavy atom. The number of benzene rings is 1. The van der Waals surface area contributed by atoms with Crippen LogP contribution in [0.5, 0.6) is 0 Å². The smallest absolute Gasteiger partial charge is 0.0713 e. The van der Waals surface area contributed by atoms with Crippen LogP contribution in [0.2, 0.25) is 0 Å². The topological polar surface area (TPSA) is 24.5 Å². The van der Waals surface area contributed by atoms with Crippen molar-refractivity contribution in [3.05, 3.63) is 29.8 Å². The maximum atomic E-state index is 5.21. The fraction of sp³-hybridized carbons (Fsp3) is 0.600. The highest BCUT2D eigenvalue weighted by atomic mass is 16.5. The first-order valence-corrected chi connectivity index (χ1v) is 6.83. The van der Waals surface area contributed by atoms with Crippen LogP contribution in [-0.4, -0.2) is 33.3 Å². The average molecular weight is 248 g/mol. The molecule has 2 rings (SSSR count). The van der Waals surface area contributed by atoms with Crippen molar-refractivity contribution in [2.24, 2.45) is 5.92 Å². The molecule has 1 aromatic carbocycles. The number of anilines is 1. The number of hydrogen-bond acceptors (Lipinski definition) is 3. The van der Waals surface area contributed by atoms with Gasteiger partial charge in [0.05, 0.1) is 6.61 Å². The van der Waals surface area contributed by atoms with Gasteiger partial charge in [-0.05, 0) is 43.1 Å². The summed E-state index contributed by atoms with van der Waals surface area (Å²) in [5, 5.41) is 3.49. The van der Waals surface area contributed by atoms with E-state index < -0.39 is 0 Å². The van der Waals surface area contributed by atoms with Crippen molar-refractivity contribution in [3.63, 3.8) is 0 Å². The van der Waals surface area contributed by atoms with Crippen molar-refractivity contribution in [2.75, 3.05) is 38.2 Å². The molecule has 1 aliphatic rings. The summed E-state index contributed by atoms with van der Waals surface area (Å²) in [4.78, 5) is 2.50. The second-order valence-electron chi connectivity index (χ2n) is 5.21. The Hall–Kier alpha value is -1.06. The van der Waals surface area contributed by atoms with Crippen LogP contribution < -0.4 is 10.2 Å². The summed E-state index contributed by atoms with van der Waals surface area (Å²) >= 11 is 0. The first-order valence-electron chi connectivity index (χ1n) is 6.83. The molecule has 1 N–H and O–H groups in total. The maximum Gasteiger partial charge on any atom is 0.0713 e. The fourth-order valence-corrected chi connectivity index (χ4v) is 2.52. The summed E-state index contributed by atoms with van der Waals surface area (Å²) in [5.41, 5.74) is 2.58. The van der Waals surface area contributed by atoms with Crippen LogP contribution >= 0.6 is 0 Å².